The van der Waals surface area contributed by atoms with Crippen LogP contribution in [0.2, 0.25) is 5.02 Å². The largest absolute Gasteiger partial charge is 0.388 e. The number of thiophene rings is 1. The van der Waals surface area contributed by atoms with E-state index in [1.807, 2.05) is 17.5 Å². The van der Waals surface area contributed by atoms with Crippen molar-refractivity contribution in [1.29, 1.82) is 0 Å². The number of aliphatic hydroxyl groups excluding tert-OH is 1. The zero-order valence-corrected chi connectivity index (χ0v) is 11.7. The van der Waals surface area contributed by atoms with E-state index in [-0.39, 0.29) is 5.91 Å². The second kappa shape index (κ2) is 6.70. The van der Waals surface area contributed by atoms with Crippen molar-refractivity contribution in [2.75, 3.05) is 6.54 Å². The van der Waals surface area contributed by atoms with Crippen LogP contribution in [0.4, 0.5) is 0 Å². The molecule has 3 nitrogen and oxygen atoms in total. The molecule has 0 bridgehead atoms. The van der Waals surface area contributed by atoms with Gasteiger partial charge in [0.25, 0.3) is 5.91 Å². The Kier molecular flexibility index (Phi) is 4.96. The van der Waals surface area contributed by atoms with Crippen molar-refractivity contribution in [2.45, 2.75) is 12.5 Å². The van der Waals surface area contributed by atoms with Crippen molar-refractivity contribution in [1.82, 2.24) is 5.32 Å². The number of carbonyl (C=O) groups is 1. The van der Waals surface area contributed by atoms with Gasteiger partial charge in [-0.3, -0.25) is 4.79 Å². The van der Waals surface area contributed by atoms with Gasteiger partial charge in [-0.05, 0) is 36.1 Å². The third kappa shape index (κ3) is 4.06. The molecule has 0 spiro atoms. The first-order valence-electron chi connectivity index (χ1n) is 5.92. The van der Waals surface area contributed by atoms with Crippen LogP contribution in [0.15, 0.2) is 41.8 Å². The molecule has 1 atom stereocenters. The van der Waals surface area contributed by atoms with Gasteiger partial charge in [-0.15, -0.1) is 11.3 Å². The molecule has 2 rings (SSSR count). The van der Waals surface area contributed by atoms with E-state index in [1.54, 1.807) is 24.3 Å². The second-order valence-corrected chi connectivity index (χ2v) is 5.50. The third-order valence-corrected chi connectivity index (χ3v) is 3.87. The van der Waals surface area contributed by atoms with E-state index in [0.717, 1.165) is 4.88 Å². The van der Waals surface area contributed by atoms with Gasteiger partial charge in [-0.25, -0.2) is 0 Å². The lowest BCUT2D eigenvalue weighted by molar-refractivity contribution is 0.0943. The van der Waals surface area contributed by atoms with Gasteiger partial charge in [0.1, 0.15) is 0 Å². The van der Waals surface area contributed by atoms with Gasteiger partial charge < -0.3 is 10.4 Å². The van der Waals surface area contributed by atoms with Crippen LogP contribution < -0.4 is 5.32 Å². The van der Waals surface area contributed by atoms with Crippen LogP contribution in [0.1, 0.15) is 27.8 Å². The van der Waals surface area contributed by atoms with Gasteiger partial charge in [0.2, 0.25) is 0 Å². The number of nitrogens with one attached hydrogen (secondary N) is 1. The van der Waals surface area contributed by atoms with Crippen molar-refractivity contribution in [3.63, 3.8) is 0 Å². The van der Waals surface area contributed by atoms with Gasteiger partial charge in [0.05, 0.1) is 6.10 Å². The lowest BCUT2D eigenvalue weighted by Gasteiger charge is -2.09. The minimum atomic E-state index is -0.528. The van der Waals surface area contributed by atoms with Crippen molar-refractivity contribution < 1.29 is 9.90 Å². The zero-order valence-electron chi connectivity index (χ0n) is 10.2. The standard InChI is InChI=1S/C14H14ClNO2S/c15-11-4-1-3-10(9-11)14(18)16-7-6-12(17)13-5-2-8-19-13/h1-5,8-9,12,17H,6-7H2,(H,16,18). The molecule has 2 aromatic rings. The van der Waals surface area contributed by atoms with Crippen LogP contribution in [0.5, 0.6) is 0 Å². The first kappa shape index (κ1) is 14.1. The Labute approximate surface area is 120 Å². The fraction of sp³-hybridized carbons (Fsp3) is 0.214. The van der Waals surface area contributed by atoms with E-state index in [4.69, 9.17) is 11.6 Å². The maximum atomic E-state index is 11.8. The van der Waals surface area contributed by atoms with Crippen molar-refractivity contribution in [2.24, 2.45) is 0 Å². The number of benzene rings is 1. The number of carbonyl (C=O) groups excluding carboxylic acids is 1. The number of rotatable bonds is 5. The average molecular weight is 296 g/mol. The summed E-state index contributed by atoms with van der Waals surface area (Å²) in [5.74, 6) is -0.180. The maximum absolute atomic E-state index is 11.8. The summed E-state index contributed by atoms with van der Waals surface area (Å²) in [6.45, 7) is 0.421. The van der Waals surface area contributed by atoms with Gasteiger partial charge in [-0.1, -0.05) is 23.7 Å². The Bertz CT molecular complexity index is 542. The van der Waals surface area contributed by atoms with Crippen molar-refractivity contribution in [3.05, 3.63) is 57.2 Å². The third-order valence-electron chi connectivity index (χ3n) is 2.66. The molecule has 1 unspecified atom stereocenters. The summed E-state index contributed by atoms with van der Waals surface area (Å²) in [5, 5.41) is 15.1. The summed E-state index contributed by atoms with van der Waals surface area (Å²) in [5.41, 5.74) is 0.526. The van der Waals surface area contributed by atoms with E-state index in [0.29, 0.717) is 23.6 Å². The van der Waals surface area contributed by atoms with Gasteiger partial charge in [0, 0.05) is 22.0 Å². The van der Waals surface area contributed by atoms with E-state index in [1.165, 1.54) is 11.3 Å². The fourth-order valence-electron chi connectivity index (χ4n) is 1.68. The second-order valence-electron chi connectivity index (χ2n) is 4.09. The molecule has 0 saturated heterocycles. The van der Waals surface area contributed by atoms with E-state index in [2.05, 4.69) is 5.32 Å². The molecule has 5 heteroatoms. The summed E-state index contributed by atoms with van der Waals surface area (Å²) in [6.07, 6.45) is -0.0352. The molecule has 1 aromatic carbocycles. The minimum Gasteiger partial charge on any atom is -0.388 e. The van der Waals surface area contributed by atoms with Crippen LogP contribution in [0, 0.1) is 0 Å². The molecule has 0 saturated carbocycles. The van der Waals surface area contributed by atoms with E-state index >= 15 is 0 Å². The number of halogens is 1. The first-order valence-corrected chi connectivity index (χ1v) is 7.18. The highest BCUT2D eigenvalue weighted by Gasteiger charge is 2.10. The number of aliphatic hydroxyl groups is 1. The van der Waals surface area contributed by atoms with Gasteiger partial charge in [-0.2, -0.15) is 0 Å². The Hall–Kier alpha value is -1.36. The van der Waals surface area contributed by atoms with Crippen LogP contribution in [0.3, 0.4) is 0 Å². The Morgan fingerprint density at radius 1 is 1.37 bits per heavy atom. The Morgan fingerprint density at radius 2 is 2.21 bits per heavy atom. The van der Waals surface area contributed by atoms with Crippen LogP contribution in [0.25, 0.3) is 0 Å². The average Bonchev–Trinajstić information content (AvgIpc) is 2.92. The molecular weight excluding hydrogens is 282 g/mol. The molecule has 2 N–H and O–H groups in total. The maximum Gasteiger partial charge on any atom is 0.251 e. The number of hydrogen-bond donors (Lipinski definition) is 2. The van der Waals surface area contributed by atoms with E-state index < -0.39 is 6.10 Å². The lowest BCUT2D eigenvalue weighted by atomic mass is 10.2. The Morgan fingerprint density at radius 3 is 2.89 bits per heavy atom. The van der Waals surface area contributed by atoms with Crippen molar-refractivity contribution in [3.8, 4) is 0 Å². The van der Waals surface area contributed by atoms with Crippen LogP contribution >= 0.6 is 22.9 Å². The number of amides is 1. The lowest BCUT2D eigenvalue weighted by Crippen LogP contribution is -2.25. The first-order chi connectivity index (χ1) is 9.16. The molecule has 0 aliphatic carbocycles. The zero-order chi connectivity index (χ0) is 13.7. The van der Waals surface area contributed by atoms with Crippen molar-refractivity contribution >= 4 is 28.8 Å². The molecule has 19 heavy (non-hydrogen) atoms. The molecule has 100 valence electrons. The molecule has 0 fully saturated rings. The van der Waals surface area contributed by atoms with Crippen LogP contribution in [-0.4, -0.2) is 17.6 Å². The number of hydrogen-bond acceptors (Lipinski definition) is 3. The summed E-state index contributed by atoms with van der Waals surface area (Å²) >= 11 is 7.33. The SMILES string of the molecule is O=C(NCCC(O)c1cccs1)c1cccc(Cl)c1. The summed E-state index contributed by atoms with van der Waals surface area (Å²) in [7, 11) is 0. The van der Waals surface area contributed by atoms with Crippen LogP contribution in [-0.2, 0) is 0 Å². The molecule has 1 amide bonds. The highest BCUT2D eigenvalue weighted by atomic mass is 35.5. The Balaban J connectivity index is 1.81. The van der Waals surface area contributed by atoms with E-state index in [9.17, 15) is 9.90 Å². The monoisotopic (exact) mass is 295 g/mol. The molecule has 0 aliphatic heterocycles. The van der Waals surface area contributed by atoms with Gasteiger partial charge in [0.15, 0.2) is 0 Å². The fourth-order valence-corrected chi connectivity index (χ4v) is 2.61. The predicted octanol–water partition coefficient (Wildman–Crippen LogP) is 3.26. The predicted molar refractivity (Wildman–Crippen MR) is 77.7 cm³/mol. The normalized spacial score (nSPS) is 12.1. The summed E-state index contributed by atoms with van der Waals surface area (Å²) < 4.78 is 0. The molecule has 1 heterocycles. The topological polar surface area (TPSA) is 49.3 Å². The highest BCUT2D eigenvalue weighted by molar-refractivity contribution is 7.10. The smallest absolute Gasteiger partial charge is 0.251 e. The molecule has 0 radical (unpaired) electrons. The molecule has 0 aliphatic rings. The minimum absolute atomic E-state index is 0.180. The summed E-state index contributed by atoms with van der Waals surface area (Å²) in [4.78, 5) is 12.7. The highest BCUT2D eigenvalue weighted by Crippen LogP contribution is 2.21. The van der Waals surface area contributed by atoms with Gasteiger partial charge >= 0.3 is 0 Å². The molecular formula is C14H14ClNO2S. The summed E-state index contributed by atoms with van der Waals surface area (Å²) in [6, 6.07) is 10.6. The quantitative estimate of drug-likeness (QED) is 0.889. The molecule has 1 aromatic heterocycles.